The summed E-state index contributed by atoms with van der Waals surface area (Å²) in [5, 5.41) is 3.38. The lowest BCUT2D eigenvalue weighted by Crippen LogP contribution is -2.14. The van der Waals surface area contributed by atoms with Gasteiger partial charge in [-0.15, -0.1) is 0 Å². The van der Waals surface area contributed by atoms with Crippen molar-refractivity contribution in [2.75, 3.05) is 0 Å². The fraction of sp³-hybridized carbons (Fsp3) is 0.357. The Labute approximate surface area is 102 Å². The number of benzene rings is 1. The second-order valence-electron chi connectivity index (χ2n) is 4.46. The largest absolute Gasteiger partial charge is 0.451 e. The molecule has 1 heterocycles. The van der Waals surface area contributed by atoms with Crippen LogP contribution in [-0.2, 0) is 13.1 Å². The number of aromatic nitrogens is 1. The van der Waals surface area contributed by atoms with Gasteiger partial charge in [-0.05, 0) is 37.5 Å². The van der Waals surface area contributed by atoms with Crippen molar-refractivity contribution in [3.63, 3.8) is 0 Å². The summed E-state index contributed by atoms with van der Waals surface area (Å²) in [6.07, 6.45) is 3.13. The van der Waals surface area contributed by atoms with Crippen molar-refractivity contribution in [3.05, 3.63) is 52.7 Å². The molecule has 0 atom stereocenters. The molecule has 0 unspecified atom stereocenters. The summed E-state index contributed by atoms with van der Waals surface area (Å²) < 4.78 is 4.93. The molecule has 3 heteroatoms. The van der Waals surface area contributed by atoms with Gasteiger partial charge in [0.1, 0.15) is 6.26 Å². The van der Waals surface area contributed by atoms with Crippen LogP contribution in [0.1, 0.15) is 27.9 Å². The van der Waals surface area contributed by atoms with E-state index in [9.17, 15) is 0 Å². The predicted molar refractivity (Wildman–Crippen MR) is 67.7 cm³/mol. The van der Waals surface area contributed by atoms with E-state index in [4.69, 9.17) is 4.42 Å². The van der Waals surface area contributed by atoms with E-state index < -0.39 is 0 Å². The third-order valence-electron chi connectivity index (χ3n) is 2.93. The van der Waals surface area contributed by atoms with Crippen molar-refractivity contribution in [3.8, 4) is 0 Å². The molecule has 0 aliphatic heterocycles. The molecular formula is C14H18N2O. The molecule has 0 fully saturated rings. The van der Waals surface area contributed by atoms with Gasteiger partial charge in [-0.25, -0.2) is 4.98 Å². The summed E-state index contributed by atoms with van der Waals surface area (Å²) in [6.45, 7) is 8.06. The van der Waals surface area contributed by atoms with Crippen LogP contribution in [0.15, 0.2) is 29.2 Å². The van der Waals surface area contributed by atoms with Crippen LogP contribution < -0.4 is 5.32 Å². The summed E-state index contributed by atoms with van der Waals surface area (Å²) in [4.78, 5) is 4.08. The zero-order valence-corrected chi connectivity index (χ0v) is 10.6. The van der Waals surface area contributed by atoms with E-state index in [1.165, 1.54) is 28.6 Å². The quantitative estimate of drug-likeness (QED) is 0.877. The van der Waals surface area contributed by atoms with Crippen molar-refractivity contribution in [1.29, 1.82) is 0 Å². The summed E-state index contributed by atoms with van der Waals surface area (Å²) in [5.74, 6) is 0. The van der Waals surface area contributed by atoms with Gasteiger partial charge in [0.05, 0.1) is 5.69 Å². The highest BCUT2D eigenvalue weighted by molar-refractivity contribution is 5.37. The van der Waals surface area contributed by atoms with Crippen LogP contribution in [0.4, 0.5) is 0 Å². The fourth-order valence-electron chi connectivity index (χ4n) is 2.13. The van der Waals surface area contributed by atoms with Crippen LogP contribution in [0.3, 0.4) is 0 Å². The number of oxazole rings is 1. The van der Waals surface area contributed by atoms with Gasteiger partial charge in [0.25, 0.3) is 0 Å². The SMILES string of the molecule is Cc1cc(C)c(CNCc2cocn2)c(C)c1. The summed E-state index contributed by atoms with van der Waals surface area (Å²) in [7, 11) is 0. The molecule has 17 heavy (non-hydrogen) atoms. The Morgan fingerprint density at radius 3 is 2.41 bits per heavy atom. The van der Waals surface area contributed by atoms with Gasteiger partial charge in [-0.2, -0.15) is 0 Å². The summed E-state index contributed by atoms with van der Waals surface area (Å²) >= 11 is 0. The van der Waals surface area contributed by atoms with Crippen molar-refractivity contribution in [1.82, 2.24) is 10.3 Å². The molecular weight excluding hydrogens is 212 g/mol. The molecule has 2 aromatic rings. The van der Waals surface area contributed by atoms with E-state index in [0.717, 1.165) is 18.8 Å². The third-order valence-corrected chi connectivity index (χ3v) is 2.93. The lowest BCUT2D eigenvalue weighted by molar-refractivity contribution is 0.554. The van der Waals surface area contributed by atoms with Gasteiger partial charge in [0.15, 0.2) is 6.39 Å². The fourth-order valence-corrected chi connectivity index (χ4v) is 2.13. The highest BCUT2D eigenvalue weighted by atomic mass is 16.3. The minimum atomic E-state index is 0.739. The van der Waals surface area contributed by atoms with Gasteiger partial charge in [-0.3, -0.25) is 0 Å². The van der Waals surface area contributed by atoms with Crippen molar-refractivity contribution in [2.45, 2.75) is 33.9 Å². The molecule has 0 saturated carbocycles. The first-order chi connectivity index (χ1) is 8.16. The van der Waals surface area contributed by atoms with Gasteiger partial charge in [0, 0.05) is 13.1 Å². The Hall–Kier alpha value is -1.61. The summed E-state index contributed by atoms with van der Waals surface area (Å²) in [6, 6.07) is 4.44. The zero-order valence-electron chi connectivity index (χ0n) is 10.6. The van der Waals surface area contributed by atoms with E-state index in [2.05, 4.69) is 43.2 Å². The Morgan fingerprint density at radius 1 is 1.12 bits per heavy atom. The van der Waals surface area contributed by atoms with Crippen LogP contribution in [0.2, 0.25) is 0 Å². The van der Waals surface area contributed by atoms with Crippen molar-refractivity contribution < 1.29 is 4.42 Å². The van der Waals surface area contributed by atoms with Gasteiger partial charge >= 0.3 is 0 Å². The second kappa shape index (κ2) is 5.15. The van der Waals surface area contributed by atoms with Crippen LogP contribution in [0, 0.1) is 20.8 Å². The average molecular weight is 230 g/mol. The molecule has 0 spiro atoms. The predicted octanol–water partition coefficient (Wildman–Crippen LogP) is 2.89. The molecule has 0 radical (unpaired) electrons. The highest BCUT2D eigenvalue weighted by Gasteiger charge is 2.03. The normalized spacial score (nSPS) is 10.8. The van der Waals surface area contributed by atoms with Crippen molar-refractivity contribution >= 4 is 0 Å². The Bertz CT molecular complexity index is 466. The average Bonchev–Trinajstić information content (AvgIpc) is 2.74. The number of rotatable bonds is 4. The molecule has 0 amide bonds. The third kappa shape index (κ3) is 2.94. The maximum Gasteiger partial charge on any atom is 0.180 e. The molecule has 0 aliphatic carbocycles. The van der Waals surface area contributed by atoms with Crippen LogP contribution >= 0.6 is 0 Å². The highest BCUT2D eigenvalue weighted by Crippen LogP contribution is 2.16. The minimum absolute atomic E-state index is 0.739. The molecule has 1 N–H and O–H groups in total. The van der Waals surface area contributed by atoms with Gasteiger partial charge < -0.3 is 9.73 Å². The molecule has 1 aromatic heterocycles. The number of hydrogen-bond acceptors (Lipinski definition) is 3. The first kappa shape index (κ1) is 11.9. The maximum atomic E-state index is 4.93. The summed E-state index contributed by atoms with van der Waals surface area (Å²) in [5.41, 5.74) is 6.32. The minimum Gasteiger partial charge on any atom is -0.451 e. The number of nitrogens with one attached hydrogen (secondary N) is 1. The zero-order chi connectivity index (χ0) is 12.3. The van der Waals surface area contributed by atoms with E-state index in [1.54, 1.807) is 6.26 Å². The maximum absolute atomic E-state index is 4.93. The van der Waals surface area contributed by atoms with Gasteiger partial charge in [-0.1, -0.05) is 17.7 Å². The van der Waals surface area contributed by atoms with Crippen LogP contribution in [0.25, 0.3) is 0 Å². The molecule has 0 saturated heterocycles. The number of nitrogens with zero attached hydrogens (tertiary/aromatic N) is 1. The van der Waals surface area contributed by atoms with Crippen LogP contribution in [-0.4, -0.2) is 4.98 Å². The molecule has 3 nitrogen and oxygen atoms in total. The smallest absolute Gasteiger partial charge is 0.180 e. The first-order valence-electron chi connectivity index (χ1n) is 5.81. The standard InChI is InChI=1S/C14H18N2O/c1-10-4-11(2)14(12(3)5-10)7-15-6-13-8-17-9-16-13/h4-5,8-9,15H,6-7H2,1-3H3. The molecule has 1 aromatic carbocycles. The van der Waals surface area contributed by atoms with E-state index in [-0.39, 0.29) is 0 Å². The van der Waals surface area contributed by atoms with E-state index >= 15 is 0 Å². The first-order valence-corrected chi connectivity index (χ1v) is 5.81. The van der Waals surface area contributed by atoms with Crippen molar-refractivity contribution in [2.24, 2.45) is 0 Å². The monoisotopic (exact) mass is 230 g/mol. The number of aryl methyl sites for hydroxylation is 3. The van der Waals surface area contributed by atoms with E-state index in [0.29, 0.717) is 0 Å². The lowest BCUT2D eigenvalue weighted by atomic mass is 10.00. The Morgan fingerprint density at radius 2 is 1.82 bits per heavy atom. The Kier molecular flexibility index (Phi) is 3.59. The topological polar surface area (TPSA) is 38.1 Å². The Balaban J connectivity index is 1.99. The molecule has 0 aliphatic rings. The molecule has 0 bridgehead atoms. The number of hydrogen-bond donors (Lipinski definition) is 1. The van der Waals surface area contributed by atoms with Gasteiger partial charge in [0.2, 0.25) is 0 Å². The lowest BCUT2D eigenvalue weighted by Gasteiger charge is -2.11. The molecule has 90 valence electrons. The second-order valence-corrected chi connectivity index (χ2v) is 4.46. The molecule has 2 rings (SSSR count). The van der Waals surface area contributed by atoms with Crippen LogP contribution in [0.5, 0.6) is 0 Å². The van der Waals surface area contributed by atoms with E-state index in [1.807, 2.05) is 0 Å².